The first kappa shape index (κ1) is 20.4. The normalized spacial score (nSPS) is 13.2. The van der Waals surface area contributed by atoms with Gasteiger partial charge in [0.05, 0.1) is 24.6 Å². The van der Waals surface area contributed by atoms with E-state index in [1.807, 2.05) is 16.9 Å². The average Bonchev–Trinajstić information content (AvgIpc) is 3.55. The number of rotatable bonds is 7. The van der Waals surface area contributed by atoms with Crippen LogP contribution in [0.25, 0.3) is 27.8 Å². The minimum Gasteiger partial charge on any atom is -0.289 e. The number of aromatic nitrogens is 7. The first-order chi connectivity index (χ1) is 15.5. The summed E-state index contributed by atoms with van der Waals surface area (Å²) in [6, 6.07) is 7.44. The zero-order chi connectivity index (χ0) is 22.3. The smallest absolute Gasteiger partial charge is 0.289 e. The fourth-order valence-corrected chi connectivity index (χ4v) is 5.31. The third-order valence-corrected chi connectivity index (χ3v) is 7.24. The number of hydrogen-bond acceptors (Lipinski definition) is 6. The molecule has 0 spiro atoms. The first-order valence-corrected chi connectivity index (χ1v) is 12.0. The van der Waals surface area contributed by atoms with Crippen LogP contribution in [0.2, 0.25) is 0 Å². The molecular formula is C22H23N7O2S. The van der Waals surface area contributed by atoms with Crippen LogP contribution in [0.1, 0.15) is 39.2 Å². The van der Waals surface area contributed by atoms with Gasteiger partial charge in [0.2, 0.25) is 0 Å². The van der Waals surface area contributed by atoms with Crippen molar-refractivity contribution in [3.05, 3.63) is 61.4 Å². The van der Waals surface area contributed by atoms with Crippen molar-refractivity contribution < 1.29 is 8.42 Å². The van der Waals surface area contributed by atoms with E-state index in [4.69, 9.17) is 0 Å². The summed E-state index contributed by atoms with van der Waals surface area (Å²) in [5, 5.41) is 8.72. The molecule has 0 saturated carbocycles. The Morgan fingerprint density at radius 3 is 2.69 bits per heavy atom. The molecule has 0 fully saturated rings. The summed E-state index contributed by atoms with van der Waals surface area (Å²) in [7, 11) is -3.98. The highest BCUT2D eigenvalue weighted by Crippen LogP contribution is 2.27. The quantitative estimate of drug-likeness (QED) is 0.373. The second-order valence-electron chi connectivity index (χ2n) is 7.71. The van der Waals surface area contributed by atoms with Crippen molar-refractivity contribution in [3.63, 3.8) is 0 Å². The highest BCUT2D eigenvalue weighted by molar-refractivity contribution is 7.90. The summed E-state index contributed by atoms with van der Waals surface area (Å²) in [5.74, 6) is 0. The van der Waals surface area contributed by atoms with Crippen molar-refractivity contribution in [2.24, 2.45) is 0 Å². The SMILES string of the molecule is CCCC(CC)n1cc(-c2cnc3cnn(S(=O)(=O)c4cnc5ccccn45)c3c2)cn1. The molecule has 1 atom stereocenters. The maximum Gasteiger partial charge on any atom is 0.301 e. The van der Waals surface area contributed by atoms with Gasteiger partial charge in [-0.3, -0.25) is 14.1 Å². The van der Waals surface area contributed by atoms with Crippen LogP contribution in [0, 0.1) is 0 Å². The Balaban J connectivity index is 1.59. The van der Waals surface area contributed by atoms with E-state index < -0.39 is 10.0 Å². The lowest BCUT2D eigenvalue weighted by atomic mass is 10.1. The van der Waals surface area contributed by atoms with Crippen LogP contribution in [0.4, 0.5) is 0 Å². The van der Waals surface area contributed by atoms with Gasteiger partial charge in [0.25, 0.3) is 0 Å². The van der Waals surface area contributed by atoms with Gasteiger partial charge in [-0.05, 0) is 31.0 Å². The van der Waals surface area contributed by atoms with E-state index in [0.717, 1.165) is 34.5 Å². The highest BCUT2D eigenvalue weighted by atomic mass is 32.2. The van der Waals surface area contributed by atoms with Crippen molar-refractivity contribution in [1.82, 2.24) is 33.3 Å². The molecule has 5 aromatic heterocycles. The van der Waals surface area contributed by atoms with Gasteiger partial charge < -0.3 is 0 Å². The van der Waals surface area contributed by atoms with Crippen LogP contribution in [-0.4, -0.2) is 41.8 Å². The zero-order valence-electron chi connectivity index (χ0n) is 17.8. The van der Waals surface area contributed by atoms with E-state index in [0.29, 0.717) is 22.7 Å². The van der Waals surface area contributed by atoms with E-state index in [9.17, 15) is 8.42 Å². The largest absolute Gasteiger partial charge is 0.301 e. The lowest BCUT2D eigenvalue weighted by Gasteiger charge is -2.13. The molecule has 5 rings (SSSR count). The molecule has 0 saturated heterocycles. The predicted octanol–water partition coefficient (Wildman–Crippen LogP) is 3.93. The molecule has 0 radical (unpaired) electrons. The molecule has 0 N–H and O–H groups in total. The molecule has 10 heteroatoms. The monoisotopic (exact) mass is 449 g/mol. The molecule has 9 nitrogen and oxygen atoms in total. The number of pyridine rings is 2. The summed E-state index contributed by atoms with van der Waals surface area (Å²) in [4.78, 5) is 8.64. The summed E-state index contributed by atoms with van der Waals surface area (Å²) in [6.07, 6.45) is 13.1. The second-order valence-corrected chi connectivity index (χ2v) is 9.42. The maximum atomic E-state index is 13.4. The van der Waals surface area contributed by atoms with Crippen molar-refractivity contribution >= 4 is 26.7 Å². The van der Waals surface area contributed by atoms with Crippen LogP contribution in [-0.2, 0) is 10.0 Å². The molecule has 1 unspecified atom stereocenters. The summed E-state index contributed by atoms with van der Waals surface area (Å²) < 4.78 is 31.4. The summed E-state index contributed by atoms with van der Waals surface area (Å²) in [5.41, 5.74) is 3.11. The minimum atomic E-state index is -3.98. The number of imidazole rings is 1. The predicted molar refractivity (Wildman–Crippen MR) is 121 cm³/mol. The molecule has 0 aliphatic rings. The Labute approximate surface area is 185 Å². The molecule has 32 heavy (non-hydrogen) atoms. The van der Waals surface area contributed by atoms with Crippen LogP contribution >= 0.6 is 0 Å². The lowest BCUT2D eigenvalue weighted by molar-refractivity contribution is 0.409. The number of fused-ring (bicyclic) bond motifs is 2. The van der Waals surface area contributed by atoms with E-state index in [1.165, 1.54) is 16.8 Å². The van der Waals surface area contributed by atoms with Gasteiger partial charge in [0.15, 0.2) is 5.03 Å². The number of nitrogens with zero attached hydrogens (tertiary/aromatic N) is 7. The van der Waals surface area contributed by atoms with Crippen LogP contribution in [0.15, 0.2) is 66.5 Å². The molecule has 164 valence electrons. The molecule has 0 amide bonds. The van der Waals surface area contributed by atoms with Crippen LogP contribution < -0.4 is 0 Å². The Hall–Kier alpha value is -3.53. The molecule has 5 aromatic rings. The fourth-order valence-electron chi connectivity index (χ4n) is 3.97. The van der Waals surface area contributed by atoms with E-state index in [-0.39, 0.29) is 5.03 Å². The summed E-state index contributed by atoms with van der Waals surface area (Å²) in [6.45, 7) is 4.31. The van der Waals surface area contributed by atoms with Crippen molar-refractivity contribution in [2.45, 2.75) is 44.2 Å². The first-order valence-electron chi connectivity index (χ1n) is 10.6. The number of hydrogen-bond donors (Lipinski definition) is 0. The Kier molecular flexibility index (Phi) is 5.01. The Bertz CT molecular complexity index is 1510. The van der Waals surface area contributed by atoms with Gasteiger partial charge in [-0.15, -0.1) is 0 Å². The third-order valence-electron chi connectivity index (χ3n) is 5.67. The zero-order valence-corrected chi connectivity index (χ0v) is 18.6. The van der Waals surface area contributed by atoms with Gasteiger partial charge in [0, 0.05) is 29.7 Å². The van der Waals surface area contributed by atoms with E-state index in [1.54, 1.807) is 36.8 Å². The van der Waals surface area contributed by atoms with E-state index in [2.05, 4.69) is 34.0 Å². The Morgan fingerprint density at radius 1 is 1.00 bits per heavy atom. The molecule has 0 aliphatic heterocycles. The second kappa shape index (κ2) is 7.86. The van der Waals surface area contributed by atoms with Gasteiger partial charge in [0.1, 0.15) is 16.7 Å². The lowest BCUT2D eigenvalue weighted by Crippen LogP contribution is -2.16. The highest BCUT2D eigenvalue weighted by Gasteiger charge is 2.25. The van der Waals surface area contributed by atoms with Crippen molar-refractivity contribution in [2.75, 3.05) is 0 Å². The molecule has 0 aromatic carbocycles. The van der Waals surface area contributed by atoms with Gasteiger partial charge in [-0.1, -0.05) is 26.3 Å². The molecule has 0 aliphatic carbocycles. The standard InChI is InChI=1S/C22H23N7O2S/c1-3-7-18(4-2)28-15-17(12-25-28)16-10-20-19(23-11-16)13-26-29(20)32(30,31)22-14-24-21-8-5-6-9-27(21)22/h5-6,8-15,18H,3-4,7H2,1-2H3. The van der Waals surface area contributed by atoms with Crippen LogP contribution in [0.3, 0.4) is 0 Å². The maximum absolute atomic E-state index is 13.4. The minimum absolute atomic E-state index is 0.0432. The third kappa shape index (κ3) is 3.27. The van der Waals surface area contributed by atoms with Crippen molar-refractivity contribution in [1.29, 1.82) is 0 Å². The Morgan fingerprint density at radius 2 is 1.88 bits per heavy atom. The van der Waals surface area contributed by atoms with Gasteiger partial charge in [-0.25, -0.2) is 4.98 Å². The average molecular weight is 450 g/mol. The van der Waals surface area contributed by atoms with E-state index >= 15 is 0 Å². The van der Waals surface area contributed by atoms with Crippen LogP contribution in [0.5, 0.6) is 0 Å². The summed E-state index contributed by atoms with van der Waals surface area (Å²) >= 11 is 0. The molecular weight excluding hydrogens is 426 g/mol. The van der Waals surface area contributed by atoms with Gasteiger partial charge >= 0.3 is 10.0 Å². The molecule has 5 heterocycles. The fraction of sp³-hybridized carbons (Fsp3) is 0.273. The van der Waals surface area contributed by atoms with Crippen molar-refractivity contribution in [3.8, 4) is 11.1 Å². The topological polar surface area (TPSA) is 100.0 Å². The molecule has 0 bridgehead atoms. The van der Waals surface area contributed by atoms with Gasteiger partial charge in [-0.2, -0.15) is 22.7 Å².